The van der Waals surface area contributed by atoms with Gasteiger partial charge in [0.25, 0.3) is 0 Å². The highest BCUT2D eigenvalue weighted by Crippen LogP contribution is 2.20. The van der Waals surface area contributed by atoms with E-state index in [1.54, 1.807) is 13.8 Å². The topological polar surface area (TPSA) is 52.6 Å². The Morgan fingerprint density at radius 2 is 2.18 bits per heavy atom. The lowest BCUT2D eigenvalue weighted by molar-refractivity contribution is -0.148. The summed E-state index contributed by atoms with van der Waals surface area (Å²) in [5.41, 5.74) is -0.678. The van der Waals surface area contributed by atoms with Crippen LogP contribution in [0.4, 0.5) is 0 Å². The second-order valence-corrected chi connectivity index (χ2v) is 6.01. The minimum atomic E-state index is -0.720. The predicted molar refractivity (Wildman–Crippen MR) is 69.2 cm³/mol. The van der Waals surface area contributed by atoms with Gasteiger partial charge in [0, 0.05) is 25.2 Å². The maximum atomic E-state index is 11.2. The van der Waals surface area contributed by atoms with Crippen molar-refractivity contribution in [1.29, 1.82) is 0 Å². The Kier molecular flexibility index (Phi) is 4.95. The van der Waals surface area contributed by atoms with Crippen LogP contribution < -0.4 is 5.32 Å². The summed E-state index contributed by atoms with van der Waals surface area (Å²) < 4.78 is 0. The van der Waals surface area contributed by atoms with Gasteiger partial charge in [-0.25, -0.2) is 0 Å². The summed E-state index contributed by atoms with van der Waals surface area (Å²) >= 11 is 0. The summed E-state index contributed by atoms with van der Waals surface area (Å²) in [7, 11) is 0. The van der Waals surface area contributed by atoms with E-state index in [2.05, 4.69) is 24.1 Å². The van der Waals surface area contributed by atoms with Crippen molar-refractivity contribution in [3.63, 3.8) is 0 Å². The van der Waals surface area contributed by atoms with Crippen molar-refractivity contribution in [3.05, 3.63) is 0 Å². The third kappa shape index (κ3) is 4.28. The molecule has 1 heterocycles. The highest BCUT2D eigenvalue weighted by molar-refractivity contribution is 5.73. The molecule has 1 fully saturated rings. The standard InChI is InChI=1S/C13H26N2O2/c1-10(2)15(8-11-6-5-7-14-11)9-13(3,4)12(16)17/h10-11,14H,5-9H2,1-4H3,(H,16,17). The Balaban J connectivity index is 2.56. The molecule has 1 aliphatic heterocycles. The van der Waals surface area contributed by atoms with Crippen LogP contribution in [-0.4, -0.2) is 47.7 Å². The SMILES string of the molecule is CC(C)N(CC1CCCN1)CC(C)(C)C(=O)O. The molecule has 0 saturated carbocycles. The lowest BCUT2D eigenvalue weighted by atomic mass is 9.92. The Morgan fingerprint density at radius 1 is 1.53 bits per heavy atom. The van der Waals surface area contributed by atoms with Crippen molar-refractivity contribution in [2.75, 3.05) is 19.6 Å². The van der Waals surface area contributed by atoms with E-state index in [4.69, 9.17) is 0 Å². The molecule has 100 valence electrons. The first-order valence-corrected chi connectivity index (χ1v) is 6.54. The van der Waals surface area contributed by atoms with Crippen LogP contribution in [0.25, 0.3) is 0 Å². The highest BCUT2D eigenvalue weighted by Gasteiger charge is 2.31. The van der Waals surface area contributed by atoms with Crippen molar-refractivity contribution in [2.24, 2.45) is 5.41 Å². The van der Waals surface area contributed by atoms with Gasteiger partial charge >= 0.3 is 5.97 Å². The van der Waals surface area contributed by atoms with Crippen molar-refractivity contribution in [3.8, 4) is 0 Å². The van der Waals surface area contributed by atoms with Gasteiger partial charge in [-0.2, -0.15) is 0 Å². The van der Waals surface area contributed by atoms with Crippen molar-refractivity contribution in [1.82, 2.24) is 10.2 Å². The molecule has 1 atom stereocenters. The van der Waals surface area contributed by atoms with Gasteiger partial charge in [-0.3, -0.25) is 9.69 Å². The molecule has 0 bridgehead atoms. The minimum absolute atomic E-state index is 0.385. The number of aliphatic carboxylic acids is 1. The number of nitrogens with one attached hydrogen (secondary N) is 1. The van der Waals surface area contributed by atoms with E-state index >= 15 is 0 Å². The zero-order valence-electron chi connectivity index (χ0n) is 11.5. The number of hydrogen-bond acceptors (Lipinski definition) is 3. The van der Waals surface area contributed by atoms with E-state index < -0.39 is 11.4 Å². The van der Waals surface area contributed by atoms with Crippen LogP contribution in [0.5, 0.6) is 0 Å². The monoisotopic (exact) mass is 242 g/mol. The Morgan fingerprint density at radius 3 is 2.59 bits per heavy atom. The molecule has 0 radical (unpaired) electrons. The fourth-order valence-corrected chi connectivity index (χ4v) is 2.23. The van der Waals surface area contributed by atoms with E-state index in [-0.39, 0.29) is 0 Å². The Labute approximate surface area is 104 Å². The first-order chi connectivity index (χ1) is 7.83. The molecular weight excluding hydrogens is 216 g/mol. The van der Waals surface area contributed by atoms with Gasteiger partial charge in [0.1, 0.15) is 0 Å². The number of carbonyl (C=O) groups is 1. The third-order valence-electron chi connectivity index (χ3n) is 3.52. The van der Waals surface area contributed by atoms with Crippen LogP contribution in [0, 0.1) is 5.41 Å². The fraction of sp³-hybridized carbons (Fsp3) is 0.923. The maximum absolute atomic E-state index is 11.2. The molecule has 0 spiro atoms. The second-order valence-electron chi connectivity index (χ2n) is 6.01. The van der Waals surface area contributed by atoms with Crippen molar-refractivity contribution >= 4 is 5.97 Å². The van der Waals surface area contributed by atoms with Gasteiger partial charge < -0.3 is 10.4 Å². The molecule has 0 aromatic rings. The molecule has 0 aliphatic carbocycles. The largest absolute Gasteiger partial charge is 0.481 e. The zero-order chi connectivity index (χ0) is 13.1. The van der Waals surface area contributed by atoms with Gasteiger partial charge in [0.05, 0.1) is 5.41 Å². The smallest absolute Gasteiger partial charge is 0.310 e. The van der Waals surface area contributed by atoms with E-state index in [0.717, 1.165) is 13.1 Å². The molecule has 0 amide bonds. The van der Waals surface area contributed by atoms with E-state index in [0.29, 0.717) is 18.6 Å². The number of nitrogens with zero attached hydrogens (tertiary/aromatic N) is 1. The lowest BCUT2D eigenvalue weighted by Crippen LogP contribution is -2.47. The first kappa shape index (κ1) is 14.5. The van der Waals surface area contributed by atoms with Crippen LogP contribution in [0.3, 0.4) is 0 Å². The fourth-order valence-electron chi connectivity index (χ4n) is 2.23. The van der Waals surface area contributed by atoms with Crippen LogP contribution in [-0.2, 0) is 4.79 Å². The lowest BCUT2D eigenvalue weighted by Gasteiger charge is -2.34. The Hall–Kier alpha value is -0.610. The number of rotatable bonds is 6. The normalized spacial score (nSPS) is 21.4. The quantitative estimate of drug-likeness (QED) is 0.742. The van der Waals surface area contributed by atoms with Gasteiger partial charge in [0.15, 0.2) is 0 Å². The summed E-state index contributed by atoms with van der Waals surface area (Å²) in [6.07, 6.45) is 2.44. The first-order valence-electron chi connectivity index (χ1n) is 6.54. The van der Waals surface area contributed by atoms with Gasteiger partial charge in [-0.15, -0.1) is 0 Å². The van der Waals surface area contributed by atoms with E-state index in [1.807, 2.05) is 0 Å². The summed E-state index contributed by atoms with van der Waals surface area (Å²) in [5.74, 6) is -0.720. The highest BCUT2D eigenvalue weighted by atomic mass is 16.4. The molecule has 0 aromatic carbocycles. The summed E-state index contributed by atoms with van der Waals surface area (Å²) in [6.45, 7) is 10.5. The van der Waals surface area contributed by atoms with Crippen LogP contribution in [0.15, 0.2) is 0 Å². The average Bonchev–Trinajstić information content (AvgIpc) is 2.68. The molecule has 17 heavy (non-hydrogen) atoms. The molecular formula is C13H26N2O2. The molecule has 1 rings (SSSR count). The van der Waals surface area contributed by atoms with Crippen LogP contribution >= 0.6 is 0 Å². The van der Waals surface area contributed by atoms with Gasteiger partial charge in [-0.1, -0.05) is 0 Å². The van der Waals surface area contributed by atoms with Crippen molar-refractivity contribution in [2.45, 2.75) is 52.6 Å². The summed E-state index contributed by atoms with van der Waals surface area (Å²) in [5, 5.41) is 12.7. The molecule has 1 aliphatic rings. The van der Waals surface area contributed by atoms with Gasteiger partial charge in [-0.05, 0) is 47.1 Å². The number of carboxylic acid groups (broad SMARTS) is 1. The third-order valence-corrected chi connectivity index (χ3v) is 3.52. The minimum Gasteiger partial charge on any atom is -0.481 e. The molecule has 1 unspecified atom stereocenters. The predicted octanol–water partition coefficient (Wildman–Crippen LogP) is 1.56. The Bertz CT molecular complexity index is 258. The molecule has 1 saturated heterocycles. The van der Waals surface area contributed by atoms with E-state index in [1.165, 1.54) is 12.8 Å². The number of hydrogen-bond donors (Lipinski definition) is 2. The van der Waals surface area contributed by atoms with Crippen molar-refractivity contribution < 1.29 is 9.90 Å². The number of carboxylic acids is 1. The molecule has 4 heteroatoms. The zero-order valence-corrected chi connectivity index (χ0v) is 11.5. The molecule has 2 N–H and O–H groups in total. The summed E-state index contributed by atoms with van der Waals surface area (Å²) in [4.78, 5) is 13.4. The van der Waals surface area contributed by atoms with Crippen LogP contribution in [0.2, 0.25) is 0 Å². The molecule has 0 aromatic heterocycles. The van der Waals surface area contributed by atoms with E-state index in [9.17, 15) is 9.90 Å². The second kappa shape index (κ2) is 5.83. The summed E-state index contributed by atoms with van der Waals surface area (Å²) in [6, 6.07) is 0.915. The molecule has 4 nitrogen and oxygen atoms in total. The van der Waals surface area contributed by atoms with Gasteiger partial charge in [0.2, 0.25) is 0 Å². The average molecular weight is 242 g/mol. The maximum Gasteiger partial charge on any atom is 0.310 e. The van der Waals surface area contributed by atoms with Crippen LogP contribution in [0.1, 0.15) is 40.5 Å².